The van der Waals surface area contributed by atoms with E-state index in [2.05, 4.69) is 10.4 Å². The van der Waals surface area contributed by atoms with E-state index < -0.39 is 0 Å². The van der Waals surface area contributed by atoms with Crippen LogP contribution in [-0.4, -0.2) is 30.0 Å². The first-order chi connectivity index (χ1) is 9.70. The first kappa shape index (κ1) is 15.3. The van der Waals surface area contributed by atoms with Crippen LogP contribution in [0.15, 0.2) is 30.6 Å². The maximum absolute atomic E-state index is 6.17. The van der Waals surface area contributed by atoms with Crippen LogP contribution in [0.25, 0.3) is 0 Å². The fourth-order valence-electron chi connectivity index (χ4n) is 1.84. The lowest BCUT2D eigenvalue weighted by atomic mass is 10.2. The van der Waals surface area contributed by atoms with E-state index >= 15 is 0 Å². The van der Waals surface area contributed by atoms with Crippen LogP contribution in [0.2, 0.25) is 10.0 Å². The molecule has 1 aromatic carbocycles. The fraction of sp³-hybridized carbons (Fsp3) is 0.357. The monoisotopic (exact) mass is 313 g/mol. The zero-order valence-electron chi connectivity index (χ0n) is 11.3. The summed E-state index contributed by atoms with van der Waals surface area (Å²) in [6, 6.07) is 5.62. The van der Waals surface area contributed by atoms with Gasteiger partial charge in [0, 0.05) is 32.0 Å². The first-order valence-corrected chi connectivity index (χ1v) is 7.10. The molecule has 0 spiro atoms. The van der Waals surface area contributed by atoms with Gasteiger partial charge in [0.2, 0.25) is 0 Å². The van der Waals surface area contributed by atoms with Gasteiger partial charge in [0.25, 0.3) is 0 Å². The largest absolute Gasteiger partial charge is 0.383 e. The minimum absolute atomic E-state index is 0.567. The smallest absolute Gasteiger partial charge is 0.0674 e. The van der Waals surface area contributed by atoms with Gasteiger partial charge in [0.15, 0.2) is 0 Å². The molecule has 108 valence electrons. The molecule has 0 saturated carbocycles. The predicted octanol–water partition coefficient (Wildman–Crippen LogP) is 2.97. The highest BCUT2D eigenvalue weighted by molar-refractivity contribution is 6.42. The highest BCUT2D eigenvalue weighted by Gasteiger charge is 2.06. The number of benzene rings is 1. The summed E-state index contributed by atoms with van der Waals surface area (Å²) in [5.74, 6) is 0. The molecule has 0 aliphatic heterocycles. The third-order valence-corrected chi connectivity index (χ3v) is 3.72. The Hall–Kier alpha value is -1.07. The maximum Gasteiger partial charge on any atom is 0.0674 e. The molecule has 0 aliphatic carbocycles. The van der Waals surface area contributed by atoms with E-state index in [-0.39, 0.29) is 0 Å². The molecule has 0 atom stereocenters. The highest BCUT2D eigenvalue weighted by atomic mass is 35.5. The standard InChI is InChI=1S/C14H17Cl2N3O/c1-20-6-5-17-7-11-8-18-19(9-11)10-12-3-2-4-13(15)14(12)16/h2-4,8-9,17H,5-7,10H2,1H3. The van der Waals surface area contributed by atoms with Crippen molar-refractivity contribution < 1.29 is 4.74 Å². The second-order valence-electron chi connectivity index (χ2n) is 4.43. The first-order valence-electron chi connectivity index (χ1n) is 6.34. The summed E-state index contributed by atoms with van der Waals surface area (Å²) in [7, 11) is 1.69. The number of methoxy groups -OCH3 is 1. The predicted molar refractivity (Wildman–Crippen MR) is 81.4 cm³/mol. The SMILES string of the molecule is COCCNCc1cnn(Cc2cccc(Cl)c2Cl)c1. The molecule has 4 nitrogen and oxygen atoms in total. The Morgan fingerprint density at radius 2 is 2.20 bits per heavy atom. The molecule has 1 aromatic heterocycles. The van der Waals surface area contributed by atoms with Crippen molar-refractivity contribution in [2.45, 2.75) is 13.1 Å². The minimum Gasteiger partial charge on any atom is -0.383 e. The van der Waals surface area contributed by atoms with Crippen LogP contribution in [0.4, 0.5) is 0 Å². The van der Waals surface area contributed by atoms with E-state index in [1.165, 1.54) is 0 Å². The zero-order chi connectivity index (χ0) is 14.4. The normalized spacial score (nSPS) is 10.9. The number of hydrogen-bond donors (Lipinski definition) is 1. The lowest BCUT2D eigenvalue weighted by Gasteiger charge is -2.05. The van der Waals surface area contributed by atoms with Crippen molar-refractivity contribution in [3.63, 3.8) is 0 Å². The Morgan fingerprint density at radius 1 is 1.35 bits per heavy atom. The zero-order valence-corrected chi connectivity index (χ0v) is 12.8. The minimum atomic E-state index is 0.567. The maximum atomic E-state index is 6.17. The molecule has 0 amide bonds. The Morgan fingerprint density at radius 3 is 3.00 bits per heavy atom. The van der Waals surface area contributed by atoms with Crippen LogP contribution in [0.3, 0.4) is 0 Å². The van der Waals surface area contributed by atoms with Crippen molar-refractivity contribution in [1.82, 2.24) is 15.1 Å². The molecule has 1 heterocycles. The van der Waals surface area contributed by atoms with Gasteiger partial charge in [-0.1, -0.05) is 35.3 Å². The third-order valence-electron chi connectivity index (χ3n) is 2.86. The molecule has 2 aromatic rings. The van der Waals surface area contributed by atoms with Crippen LogP contribution < -0.4 is 5.32 Å². The summed E-state index contributed by atoms with van der Waals surface area (Å²) >= 11 is 12.2. The van der Waals surface area contributed by atoms with Crippen molar-refractivity contribution in [2.24, 2.45) is 0 Å². The van der Waals surface area contributed by atoms with E-state index in [4.69, 9.17) is 27.9 Å². The Bertz CT molecular complexity index is 557. The van der Waals surface area contributed by atoms with Crippen molar-refractivity contribution in [1.29, 1.82) is 0 Å². The molecular weight excluding hydrogens is 297 g/mol. The summed E-state index contributed by atoms with van der Waals surface area (Å²) in [4.78, 5) is 0. The molecule has 0 aliphatic rings. The highest BCUT2D eigenvalue weighted by Crippen LogP contribution is 2.25. The lowest BCUT2D eigenvalue weighted by Crippen LogP contribution is -2.18. The van der Waals surface area contributed by atoms with Crippen LogP contribution >= 0.6 is 23.2 Å². The molecule has 0 radical (unpaired) electrons. The van der Waals surface area contributed by atoms with Gasteiger partial charge in [-0.2, -0.15) is 5.10 Å². The number of nitrogens with zero attached hydrogens (tertiary/aromatic N) is 2. The second-order valence-corrected chi connectivity index (χ2v) is 5.21. The number of ether oxygens (including phenoxy) is 1. The van der Waals surface area contributed by atoms with Gasteiger partial charge in [-0.05, 0) is 11.6 Å². The van der Waals surface area contributed by atoms with E-state index in [9.17, 15) is 0 Å². The summed E-state index contributed by atoms with van der Waals surface area (Å²) in [6.45, 7) is 2.90. The Balaban J connectivity index is 1.94. The van der Waals surface area contributed by atoms with Gasteiger partial charge in [-0.25, -0.2) is 0 Å². The van der Waals surface area contributed by atoms with Crippen molar-refractivity contribution in [3.8, 4) is 0 Å². The Labute approximate surface area is 128 Å². The van der Waals surface area contributed by atoms with E-state index in [0.29, 0.717) is 23.2 Å². The molecular formula is C14H17Cl2N3O. The van der Waals surface area contributed by atoms with E-state index in [1.807, 2.05) is 29.2 Å². The molecule has 2 rings (SSSR count). The van der Waals surface area contributed by atoms with Crippen LogP contribution in [0.5, 0.6) is 0 Å². The van der Waals surface area contributed by atoms with Gasteiger partial charge in [-0.3, -0.25) is 4.68 Å². The topological polar surface area (TPSA) is 39.1 Å². The number of halogens is 2. The molecule has 0 bridgehead atoms. The van der Waals surface area contributed by atoms with Gasteiger partial charge in [0.05, 0.1) is 29.4 Å². The fourth-order valence-corrected chi connectivity index (χ4v) is 2.22. The second kappa shape index (κ2) is 7.64. The molecule has 1 N–H and O–H groups in total. The molecule has 0 saturated heterocycles. The number of aromatic nitrogens is 2. The molecule has 20 heavy (non-hydrogen) atoms. The van der Waals surface area contributed by atoms with Gasteiger partial charge in [-0.15, -0.1) is 0 Å². The number of rotatable bonds is 7. The van der Waals surface area contributed by atoms with Gasteiger partial charge >= 0.3 is 0 Å². The average Bonchev–Trinajstić information content (AvgIpc) is 2.88. The van der Waals surface area contributed by atoms with Crippen molar-refractivity contribution in [3.05, 3.63) is 51.8 Å². The van der Waals surface area contributed by atoms with Crippen LogP contribution in [0.1, 0.15) is 11.1 Å². The molecule has 0 fully saturated rings. The van der Waals surface area contributed by atoms with E-state index in [1.54, 1.807) is 13.2 Å². The summed E-state index contributed by atoms with van der Waals surface area (Å²) in [5, 5.41) is 8.75. The molecule has 0 unspecified atom stereocenters. The van der Waals surface area contributed by atoms with Crippen LogP contribution in [0, 0.1) is 0 Å². The van der Waals surface area contributed by atoms with Gasteiger partial charge in [0.1, 0.15) is 0 Å². The third kappa shape index (κ3) is 4.21. The van der Waals surface area contributed by atoms with Crippen molar-refractivity contribution >= 4 is 23.2 Å². The van der Waals surface area contributed by atoms with E-state index in [0.717, 1.165) is 24.2 Å². The summed E-state index contributed by atoms with van der Waals surface area (Å²) in [6.07, 6.45) is 3.84. The van der Waals surface area contributed by atoms with Crippen molar-refractivity contribution in [2.75, 3.05) is 20.3 Å². The summed E-state index contributed by atoms with van der Waals surface area (Å²) in [5.41, 5.74) is 2.08. The van der Waals surface area contributed by atoms with Crippen LogP contribution in [-0.2, 0) is 17.8 Å². The lowest BCUT2D eigenvalue weighted by molar-refractivity contribution is 0.199. The quantitative estimate of drug-likeness (QED) is 0.799. The van der Waals surface area contributed by atoms with Gasteiger partial charge < -0.3 is 10.1 Å². The number of hydrogen-bond acceptors (Lipinski definition) is 3. The summed E-state index contributed by atoms with van der Waals surface area (Å²) < 4.78 is 6.83. The number of nitrogens with one attached hydrogen (secondary N) is 1. The Kier molecular flexibility index (Phi) is 5.86. The molecule has 6 heteroatoms. The average molecular weight is 314 g/mol.